The molecular formula is C11H19NO2S. The topological polar surface area (TPSA) is 49.3 Å². The second kappa shape index (κ2) is 3.39. The molecule has 4 heteroatoms. The Balaban J connectivity index is 2.14. The van der Waals surface area contributed by atoms with E-state index in [4.69, 9.17) is 5.11 Å². The number of hydrogen-bond donors (Lipinski definition) is 2. The molecule has 1 spiro atoms. The van der Waals surface area contributed by atoms with E-state index in [1.54, 1.807) is 0 Å². The van der Waals surface area contributed by atoms with Crippen molar-refractivity contribution in [1.82, 2.24) is 5.32 Å². The number of carboxylic acids is 1. The van der Waals surface area contributed by atoms with Crippen LogP contribution in [0, 0.1) is 11.3 Å². The first kappa shape index (κ1) is 11.3. The van der Waals surface area contributed by atoms with Crippen molar-refractivity contribution in [2.24, 2.45) is 11.3 Å². The van der Waals surface area contributed by atoms with Crippen LogP contribution < -0.4 is 5.32 Å². The minimum absolute atomic E-state index is 0.0204. The van der Waals surface area contributed by atoms with Crippen molar-refractivity contribution < 1.29 is 9.90 Å². The zero-order valence-electron chi connectivity index (χ0n) is 9.54. The van der Waals surface area contributed by atoms with Gasteiger partial charge in [-0.3, -0.25) is 10.1 Å². The Labute approximate surface area is 95.0 Å². The number of nitrogens with one attached hydrogen (secondary N) is 1. The highest BCUT2D eigenvalue weighted by Crippen LogP contribution is 2.54. The molecule has 1 saturated carbocycles. The third-order valence-electron chi connectivity index (χ3n) is 3.62. The third-order valence-corrected chi connectivity index (χ3v) is 5.30. The Hall–Kier alpha value is -0.220. The van der Waals surface area contributed by atoms with Gasteiger partial charge in [0.15, 0.2) is 0 Å². The van der Waals surface area contributed by atoms with Crippen LogP contribution in [0.4, 0.5) is 0 Å². The van der Waals surface area contributed by atoms with E-state index in [2.05, 4.69) is 26.1 Å². The highest BCUT2D eigenvalue weighted by Gasteiger charge is 2.53. The molecule has 2 fully saturated rings. The van der Waals surface area contributed by atoms with Gasteiger partial charge in [-0.2, -0.15) is 0 Å². The summed E-state index contributed by atoms with van der Waals surface area (Å²) in [5.74, 6) is 0.550. The van der Waals surface area contributed by atoms with E-state index < -0.39 is 5.97 Å². The van der Waals surface area contributed by atoms with E-state index in [9.17, 15) is 4.79 Å². The first-order valence-corrected chi connectivity index (χ1v) is 6.48. The molecule has 2 aliphatic rings. The van der Waals surface area contributed by atoms with Crippen molar-refractivity contribution in [2.45, 2.75) is 44.5 Å². The second-order valence-electron chi connectivity index (χ2n) is 5.68. The fourth-order valence-corrected chi connectivity index (χ4v) is 4.86. The van der Waals surface area contributed by atoms with Crippen LogP contribution in [0.3, 0.4) is 0 Å². The predicted molar refractivity (Wildman–Crippen MR) is 61.9 cm³/mol. The molecule has 0 aromatic heterocycles. The molecule has 0 radical (unpaired) electrons. The van der Waals surface area contributed by atoms with Crippen molar-refractivity contribution in [2.75, 3.05) is 5.75 Å². The summed E-state index contributed by atoms with van der Waals surface area (Å²) in [5, 5.41) is 12.3. The molecule has 1 heterocycles. The lowest BCUT2D eigenvalue weighted by Gasteiger charge is -2.29. The number of aliphatic carboxylic acids is 1. The highest BCUT2D eigenvalue weighted by atomic mass is 32.2. The number of rotatable bonds is 1. The summed E-state index contributed by atoms with van der Waals surface area (Å²) < 4.78 is 0. The van der Waals surface area contributed by atoms with Crippen molar-refractivity contribution in [3.8, 4) is 0 Å². The minimum Gasteiger partial charge on any atom is -0.480 e. The van der Waals surface area contributed by atoms with Crippen LogP contribution in [0.15, 0.2) is 0 Å². The number of hydrogen-bond acceptors (Lipinski definition) is 3. The van der Waals surface area contributed by atoms with Crippen LogP contribution in [0.2, 0.25) is 0 Å². The largest absolute Gasteiger partial charge is 0.480 e. The van der Waals surface area contributed by atoms with E-state index in [0.29, 0.717) is 17.1 Å². The maximum atomic E-state index is 10.9. The molecular weight excluding hydrogens is 210 g/mol. The van der Waals surface area contributed by atoms with Gasteiger partial charge in [-0.05, 0) is 24.2 Å². The maximum absolute atomic E-state index is 10.9. The standard InChI is InChI=1S/C11H19NO2S/c1-7-4-10(2,3)6-11(7)12-8(5-15-11)9(13)14/h7-8,12H,4-6H2,1-3H3,(H,13,14). The molecule has 1 aliphatic carbocycles. The van der Waals surface area contributed by atoms with Gasteiger partial charge in [0.05, 0.1) is 4.87 Å². The lowest BCUT2D eigenvalue weighted by atomic mass is 9.91. The number of carbonyl (C=O) groups is 1. The van der Waals surface area contributed by atoms with Gasteiger partial charge in [0.2, 0.25) is 0 Å². The van der Waals surface area contributed by atoms with Gasteiger partial charge < -0.3 is 5.11 Å². The molecule has 0 aromatic rings. The summed E-state index contributed by atoms with van der Waals surface area (Å²) in [6, 6.07) is -0.355. The van der Waals surface area contributed by atoms with Crippen LogP contribution in [0.1, 0.15) is 33.6 Å². The lowest BCUT2D eigenvalue weighted by Crippen LogP contribution is -2.46. The molecule has 86 valence electrons. The van der Waals surface area contributed by atoms with Crippen LogP contribution in [0.5, 0.6) is 0 Å². The fraction of sp³-hybridized carbons (Fsp3) is 0.909. The summed E-state index contributed by atoms with van der Waals surface area (Å²) in [6.45, 7) is 6.78. The lowest BCUT2D eigenvalue weighted by molar-refractivity contribution is -0.139. The Morgan fingerprint density at radius 2 is 2.20 bits per heavy atom. The van der Waals surface area contributed by atoms with Crippen LogP contribution in [0.25, 0.3) is 0 Å². The smallest absolute Gasteiger partial charge is 0.321 e. The molecule has 2 N–H and O–H groups in total. The van der Waals surface area contributed by atoms with Gasteiger partial charge in [-0.25, -0.2) is 0 Å². The Kier molecular flexibility index (Phi) is 2.54. The second-order valence-corrected chi connectivity index (χ2v) is 7.03. The highest BCUT2D eigenvalue weighted by molar-refractivity contribution is 8.01. The summed E-state index contributed by atoms with van der Waals surface area (Å²) in [4.78, 5) is 11.0. The zero-order valence-corrected chi connectivity index (χ0v) is 10.4. The summed E-state index contributed by atoms with van der Waals surface area (Å²) in [7, 11) is 0. The van der Waals surface area contributed by atoms with Gasteiger partial charge in [-0.1, -0.05) is 20.8 Å². The molecule has 15 heavy (non-hydrogen) atoms. The van der Waals surface area contributed by atoms with Crippen LogP contribution in [-0.4, -0.2) is 27.7 Å². The Morgan fingerprint density at radius 3 is 2.60 bits per heavy atom. The molecule has 3 unspecified atom stereocenters. The van der Waals surface area contributed by atoms with Gasteiger partial charge in [-0.15, -0.1) is 11.8 Å². The third kappa shape index (κ3) is 1.89. The summed E-state index contributed by atoms with van der Waals surface area (Å²) in [5.41, 5.74) is 0.340. The predicted octanol–water partition coefficient (Wildman–Crippen LogP) is 1.93. The Bertz CT molecular complexity index is 292. The van der Waals surface area contributed by atoms with Gasteiger partial charge in [0, 0.05) is 5.75 Å². The molecule has 2 rings (SSSR count). The van der Waals surface area contributed by atoms with E-state index in [1.807, 2.05) is 11.8 Å². The quantitative estimate of drug-likeness (QED) is 0.721. The van der Waals surface area contributed by atoms with E-state index in [0.717, 1.165) is 6.42 Å². The minimum atomic E-state index is -0.712. The van der Waals surface area contributed by atoms with E-state index in [1.165, 1.54) is 6.42 Å². The van der Waals surface area contributed by atoms with Gasteiger partial charge in [0.25, 0.3) is 0 Å². The fourth-order valence-electron chi connectivity index (χ4n) is 3.08. The molecule has 3 nitrogen and oxygen atoms in total. The average molecular weight is 229 g/mol. The van der Waals surface area contributed by atoms with Crippen molar-refractivity contribution in [3.63, 3.8) is 0 Å². The van der Waals surface area contributed by atoms with Crippen molar-refractivity contribution in [1.29, 1.82) is 0 Å². The molecule has 1 saturated heterocycles. The monoisotopic (exact) mass is 229 g/mol. The van der Waals surface area contributed by atoms with Crippen molar-refractivity contribution in [3.05, 3.63) is 0 Å². The molecule has 0 amide bonds. The van der Waals surface area contributed by atoms with Crippen LogP contribution >= 0.6 is 11.8 Å². The van der Waals surface area contributed by atoms with Crippen LogP contribution in [-0.2, 0) is 4.79 Å². The zero-order chi connectivity index (χ0) is 11.3. The Morgan fingerprint density at radius 1 is 1.53 bits per heavy atom. The summed E-state index contributed by atoms with van der Waals surface area (Å²) in [6.07, 6.45) is 2.26. The number of thioether (sulfide) groups is 1. The normalized spacial score (nSPS) is 43.7. The first-order valence-electron chi connectivity index (χ1n) is 5.49. The molecule has 0 aromatic carbocycles. The van der Waals surface area contributed by atoms with E-state index >= 15 is 0 Å². The van der Waals surface area contributed by atoms with E-state index in [-0.39, 0.29) is 10.9 Å². The van der Waals surface area contributed by atoms with Gasteiger partial charge in [0.1, 0.15) is 6.04 Å². The van der Waals surface area contributed by atoms with Gasteiger partial charge >= 0.3 is 5.97 Å². The summed E-state index contributed by atoms with van der Waals surface area (Å²) >= 11 is 1.81. The number of carboxylic acid groups (broad SMARTS) is 1. The first-order chi connectivity index (χ1) is 6.85. The molecule has 1 aliphatic heterocycles. The average Bonchev–Trinajstić information content (AvgIpc) is 2.56. The maximum Gasteiger partial charge on any atom is 0.321 e. The van der Waals surface area contributed by atoms with Crippen molar-refractivity contribution >= 4 is 17.7 Å². The molecule has 0 bridgehead atoms. The molecule has 3 atom stereocenters. The SMILES string of the molecule is CC1CC(C)(C)CC12NC(C(=O)O)CS2.